The Morgan fingerprint density at radius 3 is 2.00 bits per heavy atom. The van der Waals surface area contributed by atoms with E-state index < -0.39 is 5.91 Å². The number of furan rings is 1. The quantitative estimate of drug-likeness (QED) is 0.744. The highest BCUT2D eigenvalue weighted by molar-refractivity contribution is 6.08. The highest BCUT2D eigenvalue weighted by Crippen LogP contribution is 2.15. The van der Waals surface area contributed by atoms with Crippen molar-refractivity contribution in [1.29, 1.82) is 0 Å². The van der Waals surface area contributed by atoms with Gasteiger partial charge >= 0.3 is 0 Å². The number of hydrogen-bond donors (Lipinski definition) is 1. The summed E-state index contributed by atoms with van der Waals surface area (Å²) in [6, 6.07) is 20.8. The zero-order chi connectivity index (χ0) is 15.4. The Labute approximate surface area is 127 Å². The maximum atomic E-state index is 12.2. The number of rotatable bonds is 4. The minimum Gasteiger partial charge on any atom is -0.447 e. The highest BCUT2D eigenvalue weighted by Gasteiger charge is 2.17. The molecule has 4 heteroatoms. The summed E-state index contributed by atoms with van der Waals surface area (Å²) >= 11 is 0. The molecule has 1 aromatic heterocycles. The third-order valence-corrected chi connectivity index (χ3v) is 3.12. The average molecular weight is 291 g/mol. The highest BCUT2D eigenvalue weighted by atomic mass is 16.4. The smallest absolute Gasteiger partial charge is 0.291 e. The molecule has 0 radical (unpaired) electrons. The third kappa shape index (κ3) is 2.96. The summed E-state index contributed by atoms with van der Waals surface area (Å²) in [6.45, 7) is 0. The van der Waals surface area contributed by atoms with E-state index in [1.54, 1.807) is 36.4 Å². The topological polar surface area (TPSA) is 59.3 Å². The molecule has 1 N–H and O–H groups in total. The van der Waals surface area contributed by atoms with E-state index in [9.17, 15) is 9.59 Å². The summed E-state index contributed by atoms with van der Waals surface area (Å²) < 4.78 is 5.37. The molecule has 1 amide bonds. The molecule has 108 valence electrons. The molecule has 0 bridgehead atoms. The lowest BCUT2D eigenvalue weighted by molar-refractivity contribution is 0.0979. The summed E-state index contributed by atoms with van der Waals surface area (Å²) in [5.74, 6) is -0.398. The van der Waals surface area contributed by atoms with E-state index >= 15 is 0 Å². The number of amides is 1. The van der Waals surface area contributed by atoms with Gasteiger partial charge in [0.05, 0.1) is 0 Å². The van der Waals surface area contributed by atoms with Gasteiger partial charge in [-0.3, -0.25) is 9.59 Å². The lowest BCUT2D eigenvalue weighted by Crippen LogP contribution is -2.10. The molecule has 0 saturated heterocycles. The molecule has 0 saturated carbocycles. The molecule has 0 atom stereocenters. The van der Waals surface area contributed by atoms with Crippen molar-refractivity contribution < 1.29 is 14.0 Å². The van der Waals surface area contributed by atoms with Gasteiger partial charge in [-0.05, 0) is 24.3 Å². The van der Waals surface area contributed by atoms with Crippen LogP contribution >= 0.6 is 0 Å². The fourth-order valence-electron chi connectivity index (χ4n) is 2.03. The maximum Gasteiger partial charge on any atom is 0.291 e. The van der Waals surface area contributed by atoms with Gasteiger partial charge in [0, 0.05) is 11.3 Å². The van der Waals surface area contributed by atoms with Crippen LogP contribution in [-0.2, 0) is 0 Å². The predicted octanol–water partition coefficient (Wildman–Crippen LogP) is 3.76. The third-order valence-electron chi connectivity index (χ3n) is 3.12. The Balaban J connectivity index is 1.76. The van der Waals surface area contributed by atoms with Crippen molar-refractivity contribution in [2.24, 2.45) is 0 Å². The molecule has 0 aliphatic carbocycles. The lowest BCUT2D eigenvalue weighted by atomic mass is 10.1. The molecular weight excluding hydrogens is 278 g/mol. The van der Waals surface area contributed by atoms with Gasteiger partial charge in [0.1, 0.15) is 0 Å². The molecule has 0 aliphatic rings. The van der Waals surface area contributed by atoms with E-state index in [2.05, 4.69) is 5.32 Å². The van der Waals surface area contributed by atoms with E-state index in [1.807, 2.05) is 24.3 Å². The zero-order valence-electron chi connectivity index (χ0n) is 11.7. The van der Waals surface area contributed by atoms with Gasteiger partial charge in [0.2, 0.25) is 5.78 Å². The molecule has 0 aliphatic heterocycles. The first kappa shape index (κ1) is 13.8. The lowest BCUT2D eigenvalue weighted by Gasteiger charge is -2.02. The van der Waals surface area contributed by atoms with Crippen LogP contribution in [0.3, 0.4) is 0 Å². The molecule has 3 aromatic rings. The SMILES string of the molecule is O=C(Nc1ccccc1)c1ccc(C(=O)c2ccccc2)o1. The number of hydrogen-bond acceptors (Lipinski definition) is 3. The molecule has 4 nitrogen and oxygen atoms in total. The molecule has 3 rings (SSSR count). The van der Waals surface area contributed by atoms with Crippen molar-refractivity contribution in [3.8, 4) is 0 Å². The Morgan fingerprint density at radius 1 is 0.727 bits per heavy atom. The molecule has 2 aromatic carbocycles. The summed E-state index contributed by atoms with van der Waals surface area (Å²) in [6.07, 6.45) is 0. The van der Waals surface area contributed by atoms with Gasteiger partial charge in [0.15, 0.2) is 11.5 Å². The number of carbonyl (C=O) groups excluding carboxylic acids is 2. The molecule has 0 spiro atoms. The van der Waals surface area contributed by atoms with Crippen LogP contribution in [0.4, 0.5) is 5.69 Å². The van der Waals surface area contributed by atoms with Crippen molar-refractivity contribution in [2.45, 2.75) is 0 Å². The van der Waals surface area contributed by atoms with Gasteiger partial charge < -0.3 is 9.73 Å². The minimum atomic E-state index is -0.390. The summed E-state index contributed by atoms with van der Waals surface area (Å²) in [7, 11) is 0. The standard InChI is InChI=1S/C18H13NO3/c20-17(13-7-3-1-4-8-13)15-11-12-16(22-15)18(21)19-14-9-5-2-6-10-14/h1-12H,(H,19,21). The molecular formula is C18H13NO3. The van der Waals surface area contributed by atoms with Gasteiger partial charge in [0.25, 0.3) is 5.91 Å². The fraction of sp³-hybridized carbons (Fsp3) is 0. The van der Waals surface area contributed by atoms with Gasteiger partial charge in [-0.1, -0.05) is 48.5 Å². The zero-order valence-corrected chi connectivity index (χ0v) is 11.7. The van der Waals surface area contributed by atoms with Gasteiger partial charge in [-0.2, -0.15) is 0 Å². The number of benzene rings is 2. The number of nitrogens with one attached hydrogen (secondary N) is 1. The molecule has 1 heterocycles. The first-order valence-corrected chi connectivity index (χ1v) is 6.80. The number of anilines is 1. The second-order valence-corrected chi connectivity index (χ2v) is 4.68. The Morgan fingerprint density at radius 2 is 1.32 bits per heavy atom. The Hall–Kier alpha value is -3.14. The van der Waals surface area contributed by atoms with E-state index in [-0.39, 0.29) is 17.3 Å². The van der Waals surface area contributed by atoms with Crippen LogP contribution in [0, 0.1) is 0 Å². The predicted molar refractivity (Wildman–Crippen MR) is 83.0 cm³/mol. The number of para-hydroxylation sites is 1. The second kappa shape index (κ2) is 6.10. The maximum absolute atomic E-state index is 12.2. The normalized spacial score (nSPS) is 10.2. The summed E-state index contributed by atoms with van der Waals surface area (Å²) in [5, 5.41) is 2.71. The van der Waals surface area contributed by atoms with E-state index in [0.717, 1.165) is 0 Å². The van der Waals surface area contributed by atoms with Crippen molar-refractivity contribution in [3.05, 3.63) is 89.9 Å². The van der Waals surface area contributed by atoms with Crippen molar-refractivity contribution in [1.82, 2.24) is 0 Å². The van der Waals surface area contributed by atoms with E-state index in [4.69, 9.17) is 4.42 Å². The van der Waals surface area contributed by atoms with E-state index in [0.29, 0.717) is 11.3 Å². The average Bonchev–Trinajstić information content (AvgIpc) is 3.06. The Bertz CT molecular complexity index is 791. The van der Waals surface area contributed by atoms with Crippen LogP contribution in [0.2, 0.25) is 0 Å². The molecule has 0 fully saturated rings. The summed E-state index contributed by atoms with van der Waals surface area (Å²) in [5.41, 5.74) is 1.19. The van der Waals surface area contributed by atoms with E-state index in [1.165, 1.54) is 12.1 Å². The number of carbonyl (C=O) groups is 2. The second-order valence-electron chi connectivity index (χ2n) is 4.68. The first-order valence-electron chi connectivity index (χ1n) is 6.80. The van der Waals surface area contributed by atoms with Crippen LogP contribution < -0.4 is 5.32 Å². The number of ketones is 1. The van der Waals surface area contributed by atoms with Crippen LogP contribution in [0.25, 0.3) is 0 Å². The van der Waals surface area contributed by atoms with Crippen molar-refractivity contribution >= 4 is 17.4 Å². The first-order chi connectivity index (χ1) is 10.7. The van der Waals surface area contributed by atoms with Gasteiger partial charge in [-0.15, -0.1) is 0 Å². The molecule has 0 unspecified atom stereocenters. The van der Waals surface area contributed by atoms with Gasteiger partial charge in [-0.25, -0.2) is 0 Å². The fourth-order valence-corrected chi connectivity index (χ4v) is 2.03. The van der Waals surface area contributed by atoms with Crippen LogP contribution in [0.15, 0.2) is 77.2 Å². The van der Waals surface area contributed by atoms with Crippen molar-refractivity contribution in [2.75, 3.05) is 5.32 Å². The Kier molecular flexibility index (Phi) is 3.83. The largest absolute Gasteiger partial charge is 0.447 e. The van der Waals surface area contributed by atoms with Crippen LogP contribution in [0.1, 0.15) is 26.7 Å². The monoisotopic (exact) mass is 291 g/mol. The van der Waals surface area contributed by atoms with Crippen LogP contribution in [-0.4, -0.2) is 11.7 Å². The van der Waals surface area contributed by atoms with Crippen molar-refractivity contribution in [3.63, 3.8) is 0 Å². The van der Waals surface area contributed by atoms with Crippen LogP contribution in [0.5, 0.6) is 0 Å². The molecule has 22 heavy (non-hydrogen) atoms. The summed E-state index contributed by atoms with van der Waals surface area (Å²) in [4.78, 5) is 24.3. The minimum absolute atomic E-state index is 0.100.